The number of nitrogens with one attached hydrogen (secondary N) is 2. The van der Waals surface area contributed by atoms with Gasteiger partial charge in [0, 0.05) is 23.7 Å². The Morgan fingerprint density at radius 3 is 2.54 bits per heavy atom. The number of amides is 2. The second kappa shape index (κ2) is 8.04. The van der Waals surface area contributed by atoms with E-state index in [0.717, 1.165) is 24.2 Å². The van der Waals surface area contributed by atoms with E-state index >= 15 is 0 Å². The molecule has 1 aliphatic carbocycles. The van der Waals surface area contributed by atoms with E-state index in [1.54, 1.807) is 31.4 Å². The lowest BCUT2D eigenvalue weighted by molar-refractivity contribution is -0.117. The number of hydrogen-bond acceptors (Lipinski definition) is 3. The Labute approximate surface area is 153 Å². The molecule has 0 aliphatic heterocycles. The van der Waals surface area contributed by atoms with Crippen LogP contribution < -0.4 is 15.4 Å². The van der Waals surface area contributed by atoms with Crippen molar-refractivity contribution in [2.24, 2.45) is 11.8 Å². The molecule has 5 nitrogen and oxygen atoms in total. The molecule has 0 heterocycles. The van der Waals surface area contributed by atoms with Crippen molar-refractivity contribution in [3.8, 4) is 5.75 Å². The Morgan fingerprint density at radius 2 is 1.88 bits per heavy atom. The molecule has 2 aromatic rings. The van der Waals surface area contributed by atoms with Gasteiger partial charge in [-0.2, -0.15) is 0 Å². The molecule has 3 rings (SSSR count). The van der Waals surface area contributed by atoms with Crippen LogP contribution in [0.15, 0.2) is 48.5 Å². The van der Waals surface area contributed by atoms with Gasteiger partial charge in [-0.25, -0.2) is 0 Å². The first-order valence-electron chi connectivity index (χ1n) is 8.89. The van der Waals surface area contributed by atoms with Crippen LogP contribution in [0.3, 0.4) is 0 Å². The van der Waals surface area contributed by atoms with Crippen LogP contribution in [0.5, 0.6) is 5.75 Å². The van der Waals surface area contributed by atoms with Crippen molar-refractivity contribution >= 4 is 17.5 Å². The number of hydrogen-bond donors (Lipinski definition) is 2. The van der Waals surface area contributed by atoms with Gasteiger partial charge in [0.1, 0.15) is 5.75 Å². The zero-order valence-corrected chi connectivity index (χ0v) is 15.1. The predicted molar refractivity (Wildman–Crippen MR) is 101 cm³/mol. The van der Waals surface area contributed by atoms with E-state index in [4.69, 9.17) is 4.74 Å². The summed E-state index contributed by atoms with van der Waals surface area (Å²) in [5, 5.41) is 5.81. The second-order valence-electron chi connectivity index (χ2n) is 6.74. The smallest absolute Gasteiger partial charge is 0.251 e. The predicted octanol–water partition coefficient (Wildman–Crippen LogP) is 3.26. The minimum Gasteiger partial charge on any atom is -0.497 e. The molecule has 2 amide bonds. The lowest BCUT2D eigenvalue weighted by Gasteiger charge is -2.09. The average molecular weight is 352 g/mol. The van der Waals surface area contributed by atoms with Crippen molar-refractivity contribution in [1.82, 2.24) is 5.32 Å². The molecule has 136 valence electrons. The molecule has 0 bridgehead atoms. The van der Waals surface area contributed by atoms with Gasteiger partial charge in [-0.1, -0.05) is 25.1 Å². The summed E-state index contributed by atoms with van der Waals surface area (Å²) in [5.74, 6) is 1.28. The fraction of sp³-hybridized carbons (Fsp3) is 0.333. The summed E-state index contributed by atoms with van der Waals surface area (Å²) < 4.78 is 5.13. The van der Waals surface area contributed by atoms with Crippen LogP contribution in [0.4, 0.5) is 5.69 Å². The summed E-state index contributed by atoms with van der Waals surface area (Å²) in [6, 6.07) is 14.8. The standard InChI is InChI=1S/C21H24N2O3/c1-14-12-19(14)21(25)23-17-5-3-4-16(13-17)20(24)22-11-10-15-6-8-18(26-2)9-7-15/h3-9,13-14,19H,10-12H2,1-2H3,(H,22,24)(H,23,25)/t14-,19-/m1/s1. The fourth-order valence-electron chi connectivity index (χ4n) is 2.88. The Hall–Kier alpha value is -2.82. The Bertz CT molecular complexity index is 786. The monoisotopic (exact) mass is 352 g/mol. The zero-order valence-electron chi connectivity index (χ0n) is 15.1. The number of carbonyl (C=O) groups excluding carboxylic acids is 2. The molecule has 5 heteroatoms. The highest BCUT2D eigenvalue weighted by atomic mass is 16.5. The minimum atomic E-state index is -0.144. The van der Waals surface area contributed by atoms with Crippen LogP contribution in [0.2, 0.25) is 0 Å². The molecule has 2 aromatic carbocycles. The maximum Gasteiger partial charge on any atom is 0.251 e. The van der Waals surface area contributed by atoms with Crippen molar-refractivity contribution in [2.45, 2.75) is 19.8 Å². The highest BCUT2D eigenvalue weighted by Gasteiger charge is 2.39. The number of methoxy groups -OCH3 is 1. The van der Waals surface area contributed by atoms with Gasteiger partial charge < -0.3 is 15.4 Å². The van der Waals surface area contributed by atoms with Gasteiger partial charge in [0.2, 0.25) is 5.91 Å². The van der Waals surface area contributed by atoms with Gasteiger partial charge in [0.05, 0.1) is 7.11 Å². The van der Waals surface area contributed by atoms with E-state index in [2.05, 4.69) is 17.6 Å². The molecule has 1 fully saturated rings. The van der Waals surface area contributed by atoms with Crippen LogP contribution >= 0.6 is 0 Å². The molecule has 0 saturated heterocycles. The minimum absolute atomic E-state index is 0.0366. The molecule has 0 unspecified atom stereocenters. The zero-order chi connectivity index (χ0) is 18.5. The largest absolute Gasteiger partial charge is 0.497 e. The van der Waals surface area contributed by atoms with Gasteiger partial charge in [-0.15, -0.1) is 0 Å². The van der Waals surface area contributed by atoms with E-state index in [1.165, 1.54) is 0 Å². The van der Waals surface area contributed by atoms with Crippen molar-refractivity contribution < 1.29 is 14.3 Å². The van der Waals surface area contributed by atoms with Crippen molar-refractivity contribution in [3.05, 3.63) is 59.7 Å². The molecular weight excluding hydrogens is 328 g/mol. The van der Waals surface area contributed by atoms with Crippen LogP contribution in [0.25, 0.3) is 0 Å². The molecular formula is C21H24N2O3. The summed E-state index contributed by atoms with van der Waals surface area (Å²) in [7, 11) is 1.64. The summed E-state index contributed by atoms with van der Waals surface area (Å²) >= 11 is 0. The molecule has 2 atom stereocenters. The number of carbonyl (C=O) groups is 2. The summed E-state index contributed by atoms with van der Waals surface area (Å²) in [6.07, 6.45) is 1.68. The first-order valence-corrected chi connectivity index (χ1v) is 8.89. The van der Waals surface area contributed by atoms with E-state index in [9.17, 15) is 9.59 Å². The third-order valence-electron chi connectivity index (χ3n) is 4.70. The van der Waals surface area contributed by atoms with Crippen molar-refractivity contribution in [3.63, 3.8) is 0 Å². The number of ether oxygens (including phenoxy) is 1. The van der Waals surface area contributed by atoms with E-state index < -0.39 is 0 Å². The highest BCUT2D eigenvalue weighted by Crippen LogP contribution is 2.38. The van der Waals surface area contributed by atoms with Crippen molar-refractivity contribution in [2.75, 3.05) is 19.0 Å². The van der Waals surface area contributed by atoms with Gasteiger partial charge in [0.25, 0.3) is 5.91 Å². The summed E-state index contributed by atoms with van der Waals surface area (Å²) in [5.41, 5.74) is 2.34. The van der Waals surface area contributed by atoms with Gasteiger partial charge in [0.15, 0.2) is 0 Å². The van der Waals surface area contributed by atoms with E-state index in [-0.39, 0.29) is 17.7 Å². The third kappa shape index (κ3) is 4.63. The third-order valence-corrected chi connectivity index (χ3v) is 4.70. The number of benzene rings is 2. The molecule has 1 aliphatic rings. The first kappa shape index (κ1) is 18.0. The Balaban J connectivity index is 1.50. The molecule has 2 N–H and O–H groups in total. The first-order chi connectivity index (χ1) is 12.6. The number of anilines is 1. The molecule has 0 spiro atoms. The Kier molecular flexibility index (Phi) is 5.56. The number of rotatable bonds is 7. The van der Waals surface area contributed by atoms with Gasteiger partial charge >= 0.3 is 0 Å². The normalized spacial score (nSPS) is 18.1. The summed E-state index contributed by atoms with van der Waals surface area (Å²) in [4.78, 5) is 24.3. The van der Waals surface area contributed by atoms with Gasteiger partial charge in [-0.3, -0.25) is 9.59 Å². The van der Waals surface area contributed by atoms with Gasteiger partial charge in [-0.05, 0) is 54.7 Å². The maximum absolute atomic E-state index is 12.3. The van der Waals surface area contributed by atoms with E-state index in [0.29, 0.717) is 23.7 Å². The Morgan fingerprint density at radius 1 is 1.15 bits per heavy atom. The van der Waals surface area contributed by atoms with Crippen LogP contribution in [0.1, 0.15) is 29.3 Å². The second-order valence-corrected chi connectivity index (χ2v) is 6.74. The molecule has 0 aromatic heterocycles. The molecule has 1 saturated carbocycles. The average Bonchev–Trinajstić information content (AvgIpc) is 3.39. The van der Waals surface area contributed by atoms with Crippen LogP contribution in [-0.2, 0) is 11.2 Å². The fourth-order valence-corrected chi connectivity index (χ4v) is 2.88. The lowest BCUT2D eigenvalue weighted by atomic mass is 10.1. The molecule has 26 heavy (non-hydrogen) atoms. The highest BCUT2D eigenvalue weighted by molar-refractivity contribution is 5.98. The van der Waals surface area contributed by atoms with Crippen LogP contribution in [-0.4, -0.2) is 25.5 Å². The quantitative estimate of drug-likeness (QED) is 0.804. The van der Waals surface area contributed by atoms with Crippen molar-refractivity contribution in [1.29, 1.82) is 0 Å². The lowest BCUT2D eigenvalue weighted by Crippen LogP contribution is -2.25. The summed E-state index contributed by atoms with van der Waals surface area (Å²) in [6.45, 7) is 2.61. The topological polar surface area (TPSA) is 67.4 Å². The van der Waals surface area contributed by atoms with E-state index in [1.807, 2.05) is 24.3 Å². The SMILES string of the molecule is COc1ccc(CCNC(=O)c2cccc(NC(=O)[C@@H]3C[C@H]3C)c2)cc1. The maximum atomic E-state index is 12.3. The molecule has 0 radical (unpaired) electrons. The van der Waals surface area contributed by atoms with Crippen LogP contribution in [0, 0.1) is 11.8 Å².